The molecule has 0 saturated carbocycles. The zero-order valence-electron chi connectivity index (χ0n) is 10.0. The Bertz CT molecular complexity index is 365. The predicted molar refractivity (Wildman–Crippen MR) is 62.0 cm³/mol. The largest absolute Gasteiger partial charge is 0.478 e. The van der Waals surface area contributed by atoms with Gasteiger partial charge in [0.1, 0.15) is 12.5 Å². The van der Waals surface area contributed by atoms with Crippen molar-refractivity contribution in [2.24, 2.45) is 0 Å². The minimum Gasteiger partial charge on any atom is -0.478 e. The Morgan fingerprint density at radius 1 is 1.27 bits per heavy atom. The molecule has 2 rings (SSSR count). The summed E-state index contributed by atoms with van der Waals surface area (Å²) in [4.78, 5) is 2.34. The van der Waals surface area contributed by atoms with Crippen molar-refractivity contribution in [3.05, 3.63) is 29.3 Å². The van der Waals surface area contributed by atoms with Crippen molar-refractivity contribution in [2.75, 3.05) is 6.73 Å². The fourth-order valence-electron chi connectivity index (χ4n) is 1.80. The van der Waals surface area contributed by atoms with Gasteiger partial charge in [-0.25, -0.2) is 0 Å². The van der Waals surface area contributed by atoms with Gasteiger partial charge in [-0.2, -0.15) is 0 Å². The first kappa shape index (κ1) is 10.5. The van der Waals surface area contributed by atoms with Crippen LogP contribution < -0.4 is 4.74 Å². The standard InChI is InChI=1S/C13H19NO/c1-10-5-6-12-11(7-10)8-14(9-15-12)13(2,3)4/h5-7H,8-9H2,1-4H3. The van der Waals surface area contributed by atoms with Gasteiger partial charge in [0, 0.05) is 17.6 Å². The van der Waals surface area contributed by atoms with Crippen LogP contribution in [0.5, 0.6) is 5.75 Å². The molecule has 0 aliphatic carbocycles. The van der Waals surface area contributed by atoms with Gasteiger partial charge in [-0.05, 0) is 33.8 Å². The molecule has 0 amide bonds. The molecule has 0 fully saturated rings. The van der Waals surface area contributed by atoms with Gasteiger partial charge < -0.3 is 4.74 Å². The van der Waals surface area contributed by atoms with Crippen LogP contribution in [0, 0.1) is 6.92 Å². The Morgan fingerprint density at radius 2 is 2.00 bits per heavy atom. The van der Waals surface area contributed by atoms with E-state index in [1.54, 1.807) is 0 Å². The van der Waals surface area contributed by atoms with E-state index >= 15 is 0 Å². The van der Waals surface area contributed by atoms with Gasteiger partial charge in [0.15, 0.2) is 0 Å². The summed E-state index contributed by atoms with van der Waals surface area (Å²) in [5.74, 6) is 1.04. The number of fused-ring (bicyclic) bond motifs is 1. The maximum atomic E-state index is 5.74. The van der Waals surface area contributed by atoms with E-state index in [9.17, 15) is 0 Å². The van der Waals surface area contributed by atoms with Gasteiger partial charge >= 0.3 is 0 Å². The minimum atomic E-state index is 0.168. The molecule has 1 heterocycles. The van der Waals surface area contributed by atoms with Gasteiger partial charge in [0.2, 0.25) is 0 Å². The Kier molecular flexibility index (Phi) is 2.47. The van der Waals surface area contributed by atoms with Crippen LogP contribution >= 0.6 is 0 Å². The van der Waals surface area contributed by atoms with Crippen molar-refractivity contribution in [3.63, 3.8) is 0 Å². The van der Waals surface area contributed by atoms with E-state index in [1.807, 2.05) is 0 Å². The molecule has 0 N–H and O–H groups in total. The first-order chi connectivity index (χ1) is 6.97. The van der Waals surface area contributed by atoms with Crippen LogP contribution in [-0.4, -0.2) is 17.2 Å². The average molecular weight is 205 g/mol. The molecule has 0 atom stereocenters. The average Bonchev–Trinajstić information content (AvgIpc) is 2.15. The number of benzene rings is 1. The molecular weight excluding hydrogens is 186 g/mol. The zero-order chi connectivity index (χ0) is 11.1. The van der Waals surface area contributed by atoms with Gasteiger partial charge in [0.25, 0.3) is 0 Å². The van der Waals surface area contributed by atoms with E-state index in [1.165, 1.54) is 11.1 Å². The number of rotatable bonds is 0. The summed E-state index contributed by atoms with van der Waals surface area (Å²) < 4.78 is 5.74. The predicted octanol–water partition coefficient (Wildman–Crippen LogP) is 2.95. The second-order valence-electron chi connectivity index (χ2n) is 5.25. The van der Waals surface area contributed by atoms with Crippen LogP contribution in [0.1, 0.15) is 31.9 Å². The smallest absolute Gasteiger partial charge is 0.142 e. The molecule has 1 aliphatic heterocycles. The van der Waals surface area contributed by atoms with E-state index in [-0.39, 0.29) is 5.54 Å². The van der Waals surface area contributed by atoms with Crippen molar-refractivity contribution in [1.82, 2.24) is 4.90 Å². The topological polar surface area (TPSA) is 12.5 Å². The van der Waals surface area contributed by atoms with E-state index in [4.69, 9.17) is 4.74 Å². The number of hydrogen-bond acceptors (Lipinski definition) is 2. The molecule has 0 radical (unpaired) electrons. The molecule has 82 valence electrons. The Hall–Kier alpha value is -1.02. The van der Waals surface area contributed by atoms with Crippen LogP contribution in [0.15, 0.2) is 18.2 Å². The maximum absolute atomic E-state index is 5.74. The van der Waals surface area contributed by atoms with Crippen LogP contribution in [0.25, 0.3) is 0 Å². The third-order valence-corrected chi connectivity index (χ3v) is 2.90. The monoisotopic (exact) mass is 205 g/mol. The van der Waals surface area contributed by atoms with Crippen molar-refractivity contribution in [1.29, 1.82) is 0 Å². The highest BCUT2D eigenvalue weighted by Gasteiger charge is 2.26. The van der Waals surface area contributed by atoms with E-state index in [0.717, 1.165) is 12.3 Å². The van der Waals surface area contributed by atoms with Crippen LogP contribution in [0.2, 0.25) is 0 Å². The van der Waals surface area contributed by atoms with Gasteiger partial charge in [0.05, 0.1) is 0 Å². The summed E-state index contributed by atoms with van der Waals surface area (Å²) in [5, 5.41) is 0. The number of hydrogen-bond donors (Lipinski definition) is 0. The lowest BCUT2D eigenvalue weighted by molar-refractivity contribution is 0.0218. The third-order valence-electron chi connectivity index (χ3n) is 2.90. The summed E-state index contributed by atoms with van der Waals surface area (Å²) in [5.41, 5.74) is 2.77. The molecule has 1 aliphatic rings. The summed E-state index contributed by atoms with van der Waals surface area (Å²) in [6.07, 6.45) is 0. The summed E-state index contributed by atoms with van der Waals surface area (Å²) in [7, 11) is 0. The second-order valence-corrected chi connectivity index (χ2v) is 5.25. The summed E-state index contributed by atoms with van der Waals surface area (Å²) >= 11 is 0. The Morgan fingerprint density at radius 3 is 2.67 bits per heavy atom. The fraction of sp³-hybridized carbons (Fsp3) is 0.538. The van der Waals surface area contributed by atoms with E-state index in [0.29, 0.717) is 6.73 Å². The van der Waals surface area contributed by atoms with Crippen LogP contribution in [0.4, 0.5) is 0 Å². The van der Waals surface area contributed by atoms with Crippen LogP contribution in [0.3, 0.4) is 0 Å². The molecule has 1 aromatic carbocycles. The maximum Gasteiger partial charge on any atom is 0.142 e. The lowest BCUT2D eigenvalue weighted by atomic mass is 10.0. The molecule has 2 heteroatoms. The van der Waals surface area contributed by atoms with Crippen LogP contribution in [-0.2, 0) is 6.54 Å². The van der Waals surface area contributed by atoms with Gasteiger partial charge in [-0.3, -0.25) is 4.90 Å². The Labute approximate surface area is 91.9 Å². The highest BCUT2D eigenvalue weighted by atomic mass is 16.5. The van der Waals surface area contributed by atoms with E-state index in [2.05, 4.69) is 50.8 Å². The number of nitrogens with zero attached hydrogens (tertiary/aromatic N) is 1. The SMILES string of the molecule is Cc1ccc2c(c1)CN(C(C)(C)C)CO2. The Balaban J connectivity index is 2.26. The quantitative estimate of drug-likeness (QED) is 0.645. The molecular formula is C13H19NO. The molecule has 0 spiro atoms. The number of ether oxygens (including phenoxy) is 1. The lowest BCUT2D eigenvalue weighted by Gasteiger charge is -2.38. The van der Waals surface area contributed by atoms with E-state index < -0.39 is 0 Å². The third kappa shape index (κ3) is 2.15. The minimum absolute atomic E-state index is 0.168. The first-order valence-corrected chi connectivity index (χ1v) is 5.44. The molecule has 0 aromatic heterocycles. The molecule has 1 aromatic rings. The first-order valence-electron chi connectivity index (χ1n) is 5.44. The fourth-order valence-corrected chi connectivity index (χ4v) is 1.80. The lowest BCUT2D eigenvalue weighted by Crippen LogP contribution is -2.45. The highest BCUT2D eigenvalue weighted by Crippen LogP contribution is 2.29. The van der Waals surface area contributed by atoms with Crippen molar-refractivity contribution in [3.8, 4) is 5.75 Å². The summed E-state index contributed by atoms with van der Waals surface area (Å²) in [6, 6.07) is 6.39. The molecule has 0 bridgehead atoms. The second kappa shape index (κ2) is 3.53. The molecule has 0 unspecified atom stereocenters. The zero-order valence-corrected chi connectivity index (χ0v) is 10.0. The number of aryl methyl sites for hydroxylation is 1. The molecule has 15 heavy (non-hydrogen) atoms. The molecule has 0 saturated heterocycles. The van der Waals surface area contributed by atoms with Crippen molar-refractivity contribution < 1.29 is 4.74 Å². The van der Waals surface area contributed by atoms with Gasteiger partial charge in [-0.15, -0.1) is 0 Å². The highest BCUT2D eigenvalue weighted by molar-refractivity contribution is 5.37. The summed E-state index contributed by atoms with van der Waals surface area (Å²) in [6.45, 7) is 10.5. The molecule has 2 nitrogen and oxygen atoms in total. The van der Waals surface area contributed by atoms with Crippen molar-refractivity contribution in [2.45, 2.75) is 39.8 Å². The van der Waals surface area contributed by atoms with Gasteiger partial charge in [-0.1, -0.05) is 17.7 Å². The van der Waals surface area contributed by atoms with Crippen molar-refractivity contribution >= 4 is 0 Å². The normalized spacial score (nSPS) is 17.1.